The number of allylic oxidation sites excluding steroid dienone is 1. The number of amides is 2. The van der Waals surface area contributed by atoms with Gasteiger partial charge in [0.2, 0.25) is 0 Å². The lowest BCUT2D eigenvalue weighted by Crippen LogP contribution is -2.55. The van der Waals surface area contributed by atoms with Gasteiger partial charge in [-0.25, -0.2) is 4.79 Å². The van der Waals surface area contributed by atoms with Crippen molar-refractivity contribution in [1.82, 2.24) is 10.2 Å². The monoisotopic (exact) mass is 322 g/mol. The molecule has 0 aromatic heterocycles. The average molecular weight is 322 g/mol. The predicted molar refractivity (Wildman–Crippen MR) is 93.1 cm³/mol. The van der Waals surface area contributed by atoms with Crippen LogP contribution in [-0.2, 0) is 4.74 Å². The van der Waals surface area contributed by atoms with Crippen LogP contribution in [0.15, 0.2) is 65.1 Å². The first kappa shape index (κ1) is 15.1. The molecule has 124 valence electrons. The van der Waals surface area contributed by atoms with Gasteiger partial charge in [-0.05, 0) is 50.5 Å². The van der Waals surface area contributed by atoms with Crippen LogP contribution in [0.3, 0.4) is 0 Å². The molecule has 4 rings (SSSR count). The van der Waals surface area contributed by atoms with Crippen LogP contribution in [-0.4, -0.2) is 23.1 Å². The first-order chi connectivity index (χ1) is 11.5. The Hall–Kier alpha value is -2.49. The fraction of sp³-hybridized carbons (Fsp3) is 0.350. The van der Waals surface area contributed by atoms with Crippen molar-refractivity contribution in [2.24, 2.45) is 0 Å². The van der Waals surface area contributed by atoms with Crippen LogP contribution in [0.1, 0.15) is 38.8 Å². The second-order valence-electron chi connectivity index (χ2n) is 7.37. The molecule has 4 heteroatoms. The highest BCUT2D eigenvalue weighted by Gasteiger charge is 2.43. The minimum Gasteiger partial charge on any atom is -0.489 e. The van der Waals surface area contributed by atoms with E-state index < -0.39 is 0 Å². The molecule has 0 spiro atoms. The Morgan fingerprint density at radius 2 is 1.92 bits per heavy atom. The van der Waals surface area contributed by atoms with Gasteiger partial charge in [-0.2, -0.15) is 0 Å². The SMILES string of the molecule is CC(C)(C)N1C(=O)NC(c2ccccc2)C2=C1C1=CCOC1=CC2. The van der Waals surface area contributed by atoms with Gasteiger partial charge in [0.15, 0.2) is 0 Å². The van der Waals surface area contributed by atoms with Crippen molar-refractivity contribution >= 4 is 6.03 Å². The molecule has 0 radical (unpaired) electrons. The van der Waals surface area contributed by atoms with E-state index in [2.05, 4.69) is 50.4 Å². The smallest absolute Gasteiger partial charge is 0.323 e. The van der Waals surface area contributed by atoms with Crippen LogP contribution < -0.4 is 5.32 Å². The van der Waals surface area contributed by atoms with Gasteiger partial charge in [0.25, 0.3) is 0 Å². The van der Waals surface area contributed by atoms with E-state index in [1.54, 1.807) is 0 Å². The van der Waals surface area contributed by atoms with Crippen LogP contribution >= 0.6 is 0 Å². The number of nitrogens with zero attached hydrogens (tertiary/aromatic N) is 1. The summed E-state index contributed by atoms with van der Waals surface area (Å²) in [6.07, 6.45) is 5.00. The van der Waals surface area contributed by atoms with Gasteiger partial charge in [0.05, 0.1) is 11.7 Å². The van der Waals surface area contributed by atoms with E-state index >= 15 is 0 Å². The van der Waals surface area contributed by atoms with Crippen LogP contribution in [0.25, 0.3) is 0 Å². The Bertz CT molecular complexity index is 782. The molecule has 0 saturated carbocycles. The van der Waals surface area contributed by atoms with Gasteiger partial charge < -0.3 is 10.1 Å². The molecular formula is C20H22N2O2. The minimum atomic E-state index is -0.307. The molecule has 2 aliphatic heterocycles. The molecule has 1 unspecified atom stereocenters. The minimum absolute atomic E-state index is 0.0517. The second-order valence-corrected chi connectivity index (χ2v) is 7.37. The van der Waals surface area contributed by atoms with Crippen molar-refractivity contribution in [3.05, 3.63) is 70.6 Å². The number of fused-ring (bicyclic) bond motifs is 2. The lowest BCUT2D eigenvalue weighted by Gasteiger charge is -2.45. The van der Waals surface area contributed by atoms with E-state index in [1.807, 2.05) is 23.1 Å². The van der Waals surface area contributed by atoms with Gasteiger partial charge in [0.1, 0.15) is 12.4 Å². The number of hydrogen-bond acceptors (Lipinski definition) is 2. The van der Waals surface area contributed by atoms with Gasteiger partial charge in [-0.15, -0.1) is 0 Å². The highest BCUT2D eigenvalue weighted by Crippen LogP contribution is 2.45. The van der Waals surface area contributed by atoms with E-state index in [-0.39, 0.29) is 17.6 Å². The zero-order valence-electron chi connectivity index (χ0n) is 14.3. The van der Waals surface area contributed by atoms with Crippen molar-refractivity contribution in [1.29, 1.82) is 0 Å². The Kier molecular flexibility index (Phi) is 3.30. The van der Waals surface area contributed by atoms with Crippen molar-refractivity contribution < 1.29 is 9.53 Å². The summed E-state index contributed by atoms with van der Waals surface area (Å²) in [6, 6.07) is 10.0. The number of hydrogen-bond donors (Lipinski definition) is 1. The predicted octanol–water partition coefficient (Wildman–Crippen LogP) is 4.05. The molecule has 1 N–H and O–H groups in total. The number of rotatable bonds is 1. The molecule has 1 aromatic carbocycles. The summed E-state index contributed by atoms with van der Waals surface area (Å²) in [5, 5.41) is 3.20. The Morgan fingerprint density at radius 1 is 1.17 bits per heavy atom. The molecule has 0 bridgehead atoms. The largest absolute Gasteiger partial charge is 0.489 e. The maximum absolute atomic E-state index is 13.0. The van der Waals surface area contributed by atoms with Crippen LogP contribution in [0.5, 0.6) is 0 Å². The molecule has 1 aromatic rings. The molecule has 1 aliphatic carbocycles. The summed E-state index contributed by atoms with van der Waals surface area (Å²) in [5.74, 6) is 0.907. The zero-order valence-corrected chi connectivity index (χ0v) is 14.3. The fourth-order valence-corrected chi connectivity index (χ4v) is 3.71. The van der Waals surface area contributed by atoms with E-state index in [0.717, 1.165) is 29.0 Å². The first-order valence-corrected chi connectivity index (χ1v) is 8.39. The third-order valence-corrected chi connectivity index (χ3v) is 4.71. The molecule has 2 heterocycles. The molecular weight excluding hydrogens is 300 g/mol. The van der Waals surface area contributed by atoms with Crippen LogP contribution in [0.4, 0.5) is 4.79 Å². The normalized spacial score (nSPS) is 23.0. The quantitative estimate of drug-likeness (QED) is 0.847. The molecule has 0 saturated heterocycles. The van der Waals surface area contributed by atoms with Crippen molar-refractivity contribution in [3.63, 3.8) is 0 Å². The second kappa shape index (κ2) is 5.26. The van der Waals surface area contributed by atoms with Gasteiger partial charge in [-0.1, -0.05) is 30.3 Å². The number of ether oxygens (including phenoxy) is 1. The number of urea groups is 1. The average Bonchev–Trinajstić information content (AvgIpc) is 3.02. The Labute approximate surface area is 142 Å². The fourth-order valence-electron chi connectivity index (χ4n) is 3.71. The number of carbonyl (C=O) groups is 1. The molecule has 4 nitrogen and oxygen atoms in total. The summed E-state index contributed by atoms with van der Waals surface area (Å²) in [7, 11) is 0. The van der Waals surface area contributed by atoms with Gasteiger partial charge in [0, 0.05) is 11.1 Å². The lowest BCUT2D eigenvalue weighted by atomic mass is 9.84. The number of carbonyl (C=O) groups excluding carboxylic acids is 1. The third kappa shape index (κ3) is 2.25. The third-order valence-electron chi connectivity index (χ3n) is 4.71. The topological polar surface area (TPSA) is 41.6 Å². The summed E-state index contributed by atoms with van der Waals surface area (Å²) in [5.41, 5.74) is 4.12. The summed E-state index contributed by atoms with van der Waals surface area (Å²) < 4.78 is 5.72. The highest BCUT2D eigenvalue weighted by atomic mass is 16.5. The van der Waals surface area contributed by atoms with E-state index in [4.69, 9.17) is 4.74 Å². The van der Waals surface area contributed by atoms with E-state index in [0.29, 0.717) is 6.61 Å². The first-order valence-electron chi connectivity index (χ1n) is 8.39. The zero-order chi connectivity index (χ0) is 16.9. The lowest BCUT2D eigenvalue weighted by molar-refractivity contribution is 0.159. The Morgan fingerprint density at radius 3 is 2.62 bits per heavy atom. The van der Waals surface area contributed by atoms with Crippen molar-refractivity contribution in [2.75, 3.05) is 6.61 Å². The highest BCUT2D eigenvalue weighted by molar-refractivity contribution is 5.82. The summed E-state index contributed by atoms with van der Waals surface area (Å²) in [4.78, 5) is 14.8. The summed E-state index contributed by atoms with van der Waals surface area (Å²) in [6.45, 7) is 6.77. The van der Waals surface area contributed by atoms with E-state index in [9.17, 15) is 4.79 Å². The number of benzene rings is 1. The van der Waals surface area contributed by atoms with Gasteiger partial charge in [-0.3, -0.25) is 4.90 Å². The van der Waals surface area contributed by atoms with Gasteiger partial charge >= 0.3 is 6.03 Å². The van der Waals surface area contributed by atoms with Crippen molar-refractivity contribution in [3.8, 4) is 0 Å². The van der Waals surface area contributed by atoms with Crippen molar-refractivity contribution in [2.45, 2.75) is 38.8 Å². The Balaban J connectivity index is 1.90. The standard InChI is InChI=1S/C20H22N2O2/c1-20(2,3)22-18-14-11-12-24-16(14)10-9-15(18)17(21-19(22)23)13-7-5-4-6-8-13/h4-8,10-11,17H,9,12H2,1-3H3,(H,21,23). The molecule has 3 aliphatic rings. The maximum atomic E-state index is 13.0. The summed E-state index contributed by atoms with van der Waals surface area (Å²) >= 11 is 0. The van der Waals surface area contributed by atoms with E-state index in [1.165, 1.54) is 5.57 Å². The molecule has 0 fully saturated rings. The molecule has 1 atom stereocenters. The van der Waals surface area contributed by atoms with Crippen LogP contribution in [0, 0.1) is 0 Å². The number of nitrogens with one attached hydrogen (secondary N) is 1. The molecule has 24 heavy (non-hydrogen) atoms. The maximum Gasteiger partial charge on any atom is 0.323 e. The molecule has 2 amide bonds. The van der Waals surface area contributed by atoms with Crippen LogP contribution in [0.2, 0.25) is 0 Å².